The predicted molar refractivity (Wildman–Crippen MR) is 95.2 cm³/mol. The SMILES string of the molecule is c1cn([C@@H]2COC3(CCCCC3)C2)c(-c2cc3n(n2)CCCNC3)n1. The Morgan fingerprint density at radius 3 is 3.04 bits per heavy atom. The van der Waals surface area contributed by atoms with Crippen LogP contribution in [0.3, 0.4) is 0 Å². The minimum absolute atomic E-state index is 0.125. The number of rotatable bonds is 2. The van der Waals surface area contributed by atoms with Gasteiger partial charge in [-0.05, 0) is 38.3 Å². The Morgan fingerprint density at radius 1 is 1.20 bits per heavy atom. The third kappa shape index (κ3) is 2.81. The predicted octanol–water partition coefficient (Wildman–Crippen LogP) is 2.90. The van der Waals surface area contributed by atoms with Gasteiger partial charge in [-0.15, -0.1) is 0 Å². The van der Waals surface area contributed by atoms with Crippen molar-refractivity contribution in [2.45, 2.75) is 69.7 Å². The second-order valence-corrected chi connectivity index (χ2v) is 7.85. The zero-order valence-corrected chi connectivity index (χ0v) is 14.8. The molecule has 1 atom stereocenters. The van der Waals surface area contributed by atoms with Gasteiger partial charge in [0.15, 0.2) is 5.82 Å². The number of hydrogen-bond donors (Lipinski definition) is 1. The minimum Gasteiger partial charge on any atom is -0.373 e. The first kappa shape index (κ1) is 15.6. The van der Waals surface area contributed by atoms with Crippen LogP contribution in [0.5, 0.6) is 0 Å². The number of ether oxygens (including phenoxy) is 1. The highest BCUT2D eigenvalue weighted by molar-refractivity contribution is 5.50. The first-order valence-corrected chi connectivity index (χ1v) is 9.78. The van der Waals surface area contributed by atoms with Crippen LogP contribution < -0.4 is 5.32 Å². The molecule has 6 heteroatoms. The molecular formula is C19H27N5O. The number of hydrogen-bond acceptors (Lipinski definition) is 4. The third-order valence-electron chi connectivity index (χ3n) is 6.14. The van der Waals surface area contributed by atoms with Gasteiger partial charge >= 0.3 is 0 Å². The van der Waals surface area contributed by atoms with E-state index in [1.54, 1.807) is 0 Å². The highest BCUT2D eigenvalue weighted by atomic mass is 16.5. The highest BCUT2D eigenvalue weighted by Gasteiger charge is 2.42. The highest BCUT2D eigenvalue weighted by Crippen LogP contribution is 2.44. The molecule has 1 N–H and O–H groups in total. The molecule has 134 valence electrons. The summed E-state index contributed by atoms with van der Waals surface area (Å²) in [5, 5.41) is 8.30. The van der Waals surface area contributed by atoms with Gasteiger partial charge in [-0.2, -0.15) is 5.10 Å². The summed E-state index contributed by atoms with van der Waals surface area (Å²) in [7, 11) is 0. The maximum absolute atomic E-state index is 6.32. The third-order valence-corrected chi connectivity index (χ3v) is 6.14. The molecule has 1 saturated heterocycles. The molecule has 0 unspecified atom stereocenters. The lowest BCUT2D eigenvalue weighted by Gasteiger charge is -2.32. The quantitative estimate of drug-likeness (QED) is 0.912. The van der Waals surface area contributed by atoms with Gasteiger partial charge in [-0.3, -0.25) is 4.68 Å². The van der Waals surface area contributed by atoms with Gasteiger partial charge in [-0.1, -0.05) is 19.3 Å². The van der Waals surface area contributed by atoms with Crippen molar-refractivity contribution < 1.29 is 4.74 Å². The minimum atomic E-state index is 0.125. The summed E-state index contributed by atoms with van der Waals surface area (Å²) in [6.45, 7) is 3.75. The molecule has 25 heavy (non-hydrogen) atoms. The zero-order valence-electron chi connectivity index (χ0n) is 14.8. The van der Waals surface area contributed by atoms with E-state index in [0.717, 1.165) is 50.6 Å². The molecule has 5 rings (SSSR count). The molecule has 1 spiro atoms. The first-order valence-electron chi connectivity index (χ1n) is 9.78. The monoisotopic (exact) mass is 341 g/mol. The fourth-order valence-corrected chi connectivity index (χ4v) is 4.82. The van der Waals surface area contributed by atoms with Gasteiger partial charge in [0.1, 0.15) is 5.69 Å². The second kappa shape index (κ2) is 6.25. The maximum Gasteiger partial charge on any atom is 0.160 e. The number of fused-ring (bicyclic) bond motifs is 1. The number of imidazole rings is 1. The Bertz CT molecular complexity index is 719. The fourth-order valence-electron chi connectivity index (χ4n) is 4.82. The van der Waals surface area contributed by atoms with Crippen LogP contribution in [0.2, 0.25) is 0 Å². The summed E-state index contributed by atoms with van der Waals surface area (Å²) in [5.41, 5.74) is 2.38. The summed E-state index contributed by atoms with van der Waals surface area (Å²) in [6, 6.07) is 2.58. The molecule has 2 aromatic rings. The van der Waals surface area contributed by atoms with Crippen LogP contribution in [0.15, 0.2) is 18.5 Å². The number of nitrogens with one attached hydrogen (secondary N) is 1. The van der Waals surface area contributed by atoms with Crippen molar-refractivity contribution in [2.24, 2.45) is 0 Å². The van der Waals surface area contributed by atoms with Gasteiger partial charge < -0.3 is 14.6 Å². The molecule has 0 radical (unpaired) electrons. The van der Waals surface area contributed by atoms with Crippen LogP contribution in [0.25, 0.3) is 11.5 Å². The van der Waals surface area contributed by atoms with Crippen LogP contribution in [0, 0.1) is 0 Å². The zero-order chi connectivity index (χ0) is 16.7. The molecule has 2 aromatic heterocycles. The van der Waals surface area contributed by atoms with E-state index < -0.39 is 0 Å². The Kier molecular flexibility index (Phi) is 3.90. The number of nitrogens with zero attached hydrogens (tertiary/aromatic N) is 4. The Hall–Kier alpha value is -1.66. The van der Waals surface area contributed by atoms with E-state index in [1.165, 1.54) is 37.8 Å². The van der Waals surface area contributed by atoms with Crippen molar-refractivity contribution in [1.82, 2.24) is 24.6 Å². The maximum atomic E-state index is 6.32. The molecule has 3 aliphatic rings. The lowest BCUT2D eigenvalue weighted by molar-refractivity contribution is -0.0247. The lowest BCUT2D eigenvalue weighted by Crippen LogP contribution is -2.30. The molecule has 0 bridgehead atoms. The molecule has 4 heterocycles. The normalized spacial score (nSPS) is 25.8. The first-order chi connectivity index (χ1) is 12.3. The van der Waals surface area contributed by atoms with Gasteiger partial charge in [0.25, 0.3) is 0 Å². The van der Waals surface area contributed by atoms with E-state index in [9.17, 15) is 0 Å². The van der Waals surface area contributed by atoms with Crippen LogP contribution in [-0.2, 0) is 17.8 Å². The topological polar surface area (TPSA) is 56.9 Å². The van der Waals surface area contributed by atoms with Crippen molar-refractivity contribution in [3.8, 4) is 11.5 Å². The average Bonchev–Trinajstić information content (AvgIpc) is 3.32. The van der Waals surface area contributed by atoms with Gasteiger partial charge in [0.05, 0.1) is 23.9 Å². The Balaban J connectivity index is 1.41. The number of aromatic nitrogens is 4. The molecule has 2 fully saturated rings. The van der Waals surface area contributed by atoms with Crippen molar-refractivity contribution >= 4 is 0 Å². The molecule has 0 amide bonds. The van der Waals surface area contributed by atoms with Crippen molar-refractivity contribution in [1.29, 1.82) is 0 Å². The summed E-state index contributed by atoms with van der Waals surface area (Å²) in [4.78, 5) is 4.64. The molecule has 6 nitrogen and oxygen atoms in total. The lowest BCUT2D eigenvalue weighted by atomic mass is 9.82. The van der Waals surface area contributed by atoms with Crippen molar-refractivity contribution in [3.63, 3.8) is 0 Å². The van der Waals surface area contributed by atoms with Crippen LogP contribution in [0.1, 0.15) is 56.7 Å². The molecule has 1 saturated carbocycles. The average molecular weight is 341 g/mol. The smallest absolute Gasteiger partial charge is 0.160 e. The van der Waals surface area contributed by atoms with E-state index in [0.29, 0.717) is 6.04 Å². The summed E-state index contributed by atoms with van der Waals surface area (Å²) >= 11 is 0. The molecule has 2 aliphatic heterocycles. The van der Waals surface area contributed by atoms with Crippen LogP contribution in [-0.4, -0.2) is 38.1 Å². The molecule has 0 aromatic carbocycles. The van der Waals surface area contributed by atoms with Crippen LogP contribution >= 0.6 is 0 Å². The van der Waals surface area contributed by atoms with E-state index in [1.807, 2.05) is 6.20 Å². The van der Waals surface area contributed by atoms with E-state index in [4.69, 9.17) is 9.84 Å². The van der Waals surface area contributed by atoms with Crippen LogP contribution in [0.4, 0.5) is 0 Å². The summed E-state index contributed by atoms with van der Waals surface area (Å²) < 4.78 is 10.8. The van der Waals surface area contributed by atoms with Gasteiger partial charge in [0, 0.05) is 25.5 Å². The molecular weight excluding hydrogens is 314 g/mol. The summed E-state index contributed by atoms with van der Waals surface area (Å²) in [6.07, 6.45) is 12.7. The second-order valence-electron chi connectivity index (χ2n) is 7.85. The Morgan fingerprint density at radius 2 is 2.12 bits per heavy atom. The molecule has 1 aliphatic carbocycles. The van der Waals surface area contributed by atoms with E-state index in [-0.39, 0.29) is 5.60 Å². The van der Waals surface area contributed by atoms with Gasteiger partial charge in [0.2, 0.25) is 0 Å². The summed E-state index contributed by atoms with van der Waals surface area (Å²) in [5.74, 6) is 0.988. The van der Waals surface area contributed by atoms with E-state index >= 15 is 0 Å². The van der Waals surface area contributed by atoms with Crippen molar-refractivity contribution in [2.75, 3.05) is 13.2 Å². The fraction of sp³-hybridized carbons (Fsp3) is 0.684. The largest absolute Gasteiger partial charge is 0.373 e. The Labute approximate surface area is 148 Å². The van der Waals surface area contributed by atoms with E-state index in [2.05, 4.69) is 31.8 Å². The van der Waals surface area contributed by atoms with Crippen molar-refractivity contribution in [3.05, 3.63) is 24.2 Å². The van der Waals surface area contributed by atoms with Gasteiger partial charge in [-0.25, -0.2) is 4.98 Å². The number of aryl methyl sites for hydroxylation is 1. The standard InChI is InChI=1S/C19H27N5O/c1-2-5-19(6-3-1)12-16(14-25-19)23-10-8-21-18(23)17-11-15-13-20-7-4-9-24(15)22-17/h8,10-11,16,20H,1-7,9,12-14H2/t16-/m0/s1.